The number of benzene rings is 3. The summed E-state index contributed by atoms with van der Waals surface area (Å²) in [5, 5.41) is 2.71. The van der Waals surface area contributed by atoms with Crippen LogP contribution in [0.5, 0.6) is 0 Å². The maximum absolute atomic E-state index is 13.6. The first-order valence-electron chi connectivity index (χ1n) is 10.7. The monoisotopic (exact) mass is 520 g/mol. The van der Waals surface area contributed by atoms with Crippen molar-refractivity contribution in [3.63, 3.8) is 0 Å². The van der Waals surface area contributed by atoms with E-state index in [0.29, 0.717) is 5.56 Å². The van der Waals surface area contributed by atoms with E-state index in [1.54, 1.807) is 30.3 Å². The molecule has 1 heterocycles. The van der Waals surface area contributed by atoms with E-state index >= 15 is 0 Å². The number of methoxy groups -OCH3 is 1. The van der Waals surface area contributed by atoms with Crippen molar-refractivity contribution in [3.05, 3.63) is 107 Å². The highest BCUT2D eigenvalue weighted by atomic mass is 19.4. The first-order chi connectivity index (χ1) is 17.4. The van der Waals surface area contributed by atoms with Crippen molar-refractivity contribution in [2.45, 2.75) is 18.4 Å². The molecule has 0 radical (unpaired) electrons. The maximum atomic E-state index is 13.6. The minimum absolute atomic E-state index is 0.0671. The molecule has 3 aromatic rings. The summed E-state index contributed by atoms with van der Waals surface area (Å²) >= 11 is 0. The van der Waals surface area contributed by atoms with Crippen LogP contribution in [0.15, 0.2) is 90.1 Å². The summed E-state index contributed by atoms with van der Waals surface area (Å²) in [5.41, 5.74) is -1.66. The van der Waals surface area contributed by atoms with Crippen LogP contribution in [0.1, 0.15) is 22.7 Å². The van der Waals surface area contributed by atoms with Crippen LogP contribution >= 0.6 is 0 Å². The highest BCUT2D eigenvalue weighted by Crippen LogP contribution is 2.43. The molecule has 1 aliphatic rings. The van der Waals surface area contributed by atoms with E-state index < -0.39 is 41.4 Å². The summed E-state index contributed by atoms with van der Waals surface area (Å²) in [5.74, 6) is -1.68. The van der Waals surface area contributed by atoms with E-state index in [0.717, 1.165) is 60.5 Å². The molecule has 0 aliphatic carbocycles. The summed E-state index contributed by atoms with van der Waals surface area (Å²) in [6.45, 7) is 0. The molecule has 1 amide bonds. The molecule has 5 nitrogen and oxygen atoms in total. The molecule has 1 unspecified atom stereocenters. The van der Waals surface area contributed by atoms with Crippen molar-refractivity contribution < 1.29 is 40.7 Å². The number of halogens is 6. The van der Waals surface area contributed by atoms with Crippen LogP contribution in [0.25, 0.3) is 0 Å². The Kier molecular flexibility index (Phi) is 6.72. The number of esters is 1. The summed E-state index contributed by atoms with van der Waals surface area (Å²) in [6, 6.07) is 14.8. The quantitative estimate of drug-likeness (QED) is 0.315. The van der Waals surface area contributed by atoms with Gasteiger partial charge >= 0.3 is 18.3 Å². The van der Waals surface area contributed by atoms with E-state index in [-0.39, 0.29) is 22.6 Å². The third kappa shape index (κ3) is 5.16. The van der Waals surface area contributed by atoms with Gasteiger partial charge in [0, 0.05) is 11.4 Å². The van der Waals surface area contributed by atoms with Crippen LogP contribution in [0.2, 0.25) is 0 Å². The van der Waals surface area contributed by atoms with E-state index in [1.807, 2.05) is 0 Å². The fourth-order valence-corrected chi connectivity index (χ4v) is 3.98. The molecular weight excluding hydrogens is 502 g/mol. The molecule has 37 heavy (non-hydrogen) atoms. The van der Waals surface area contributed by atoms with Crippen LogP contribution in [0.3, 0.4) is 0 Å². The van der Waals surface area contributed by atoms with Gasteiger partial charge in [-0.2, -0.15) is 26.3 Å². The molecule has 0 saturated heterocycles. The standard InChI is InChI=1S/C26H18F6N2O3/c1-37-24(36)20-21(33-18-11-7-16(8-12-18)25(27,28)29)23(35)34(22(20)15-5-3-2-4-6-15)19-13-9-17(10-14-19)26(30,31)32/h2-14,22,33H,1H3. The van der Waals surface area contributed by atoms with Gasteiger partial charge in [0.2, 0.25) is 0 Å². The van der Waals surface area contributed by atoms with Gasteiger partial charge in [-0.25, -0.2) is 4.79 Å². The predicted octanol–water partition coefficient (Wildman–Crippen LogP) is 6.35. The zero-order chi connectivity index (χ0) is 27.0. The summed E-state index contributed by atoms with van der Waals surface area (Å²) in [4.78, 5) is 27.7. The first kappa shape index (κ1) is 25.8. The van der Waals surface area contributed by atoms with Crippen LogP contribution in [0.4, 0.5) is 37.7 Å². The van der Waals surface area contributed by atoms with Crippen molar-refractivity contribution in [3.8, 4) is 0 Å². The second-order valence-corrected chi connectivity index (χ2v) is 8.01. The molecule has 4 rings (SSSR count). The van der Waals surface area contributed by atoms with Crippen molar-refractivity contribution >= 4 is 23.3 Å². The molecular formula is C26H18F6N2O3. The smallest absolute Gasteiger partial charge is 0.416 e. The van der Waals surface area contributed by atoms with Crippen LogP contribution in [-0.2, 0) is 26.7 Å². The molecule has 0 saturated carbocycles. The van der Waals surface area contributed by atoms with Gasteiger partial charge in [-0.15, -0.1) is 0 Å². The van der Waals surface area contributed by atoms with E-state index in [2.05, 4.69) is 5.32 Å². The number of anilines is 2. The highest BCUT2D eigenvalue weighted by molar-refractivity contribution is 6.17. The van der Waals surface area contributed by atoms with E-state index in [9.17, 15) is 35.9 Å². The Hall–Kier alpha value is -4.28. The second-order valence-electron chi connectivity index (χ2n) is 8.01. The molecule has 3 aromatic carbocycles. The van der Waals surface area contributed by atoms with Crippen molar-refractivity contribution in [2.75, 3.05) is 17.3 Å². The number of carbonyl (C=O) groups is 2. The largest absolute Gasteiger partial charge is 0.466 e. The minimum Gasteiger partial charge on any atom is -0.466 e. The third-order valence-electron chi connectivity index (χ3n) is 5.71. The Bertz CT molecular complexity index is 1330. The zero-order valence-electron chi connectivity index (χ0n) is 19.0. The number of hydrogen-bond donors (Lipinski definition) is 1. The van der Waals surface area contributed by atoms with Gasteiger partial charge in [0.1, 0.15) is 5.70 Å². The Morgan fingerprint density at radius 2 is 1.32 bits per heavy atom. The Balaban J connectivity index is 1.82. The molecule has 0 fully saturated rings. The van der Waals surface area contributed by atoms with Gasteiger partial charge < -0.3 is 10.1 Å². The number of hydrogen-bond acceptors (Lipinski definition) is 4. The first-order valence-corrected chi connectivity index (χ1v) is 10.7. The molecule has 0 aromatic heterocycles. The lowest BCUT2D eigenvalue weighted by atomic mass is 9.98. The Labute approximate surface area is 207 Å². The average Bonchev–Trinajstić information content (AvgIpc) is 3.15. The van der Waals surface area contributed by atoms with Gasteiger partial charge in [-0.05, 0) is 54.1 Å². The van der Waals surface area contributed by atoms with Gasteiger partial charge in [0.15, 0.2) is 0 Å². The van der Waals surface area contributed by atoms with Crippen molar-refractivity contribution in [2.24, 2.45) is 0 Å². The highest BCUT2D eigenvalue weighted by Gasteiger charge is 2.45. The Morgan fingerprint density at radius 3 is 1.81 bits per heavy atom. The topological polar surface area (TPSA) is 58.6 Å². The number of ether oxygens (including phenoxy) is 1. The van der Waals surface area contributed by atoms with E-state index in [1.165, 1.54) is 0 Å². The average molecular weight is 520 g/mol. The minimum atomic E-state index is -4.60. The number of alkyl halides is 6. The molecule has 1 aliphatic heterocycles. The van der Waals surface area contributed by atoms with Crippen LogP contribution in [-0.4, -0.2) is 19.0 Å². The number of nitrogens with one attached hydrogen (secondary N) is 1. The predicted molar refractivity (Wildman–Crippen MR) is 122 cm³/mol. The molecule has 192 valence electrons. The SMILES string of the molecule is COC(=O)C1=C(Nc2ccc(C(F)(F)F)cc2)C(=O)N(c2ccc(C(F)(F)F)cc2)C1c1ccccc1. The van der Waals surface area contributed by atoms with Gasteiger partial charge in [0.25, 0.3) is 5.91 Å². The molecule has 1 atom stereocenters. The molecule has 1 N–H and O–H groups in total. The Morgan fingerprint density at radius 1 is 0.811 bits per heavy atom. The lowest BCUT2D eigenvalue weighted by Crippen LogP contribution is -2.31. The third-order valence-corrected chi connectivity index (χ3v) is 5.71. The molecule has 0 bridgehead atoms. The normalized spacial score (nSPS) is 16.2. The number of amides is 1. The molecule has 11 heteroatoms. The van der Waals surface area contributed by atoms with Crippen LogP contribution < -0.4 is 10.2 Å². The fraction of sp³-hybridized carbons (Fsp3) is 0.154. The number of nitrogens with zero attached hydrogens (tertiary/aromatic N) is 1. The van der Waals surface area contributed by atoms with Crippen LogP contribution in [0, 0.1) is 0 Å². The second kappa shape index (κ2) is 9.64. The van der Waals surface area contributed by atoms with Gasteiger partial charge in [-0.3, -0.25) is 9.69 Å². The maximum Gasteiger partial charge on any atom is 0.416 e. The van der Waals surface area contributed by atoms with Gasteiger partial charge in [-0.1, -0.05) is 30.3 Å². The lowest BCUT2D eigenvalue weighted by molar-refractivity contribution is -0.138. The van der Waals surface area contributed by atoms with Gasteiger partial charge in [0.05, 0.1) is 29.9 Å². The number of carbonyl (C=O) groups excluding carboxylic acids is 2. The van der Waals surface area contributed by atoms with E-state index in [4.69, 9.17) is 4.74 Å². The molecule has 0 spiro atoms. The van der Waals surface area contributed by atoms with Crippen molar-refractivity contribution in [1.82, 2.24) is 0 Å². The zero-order valence-corrected chi connectivity index (χ0v) is 19.0. The lowest BCUT2D eigenvalue weighted by Gasteiger charge is -2.27. The fourth-order valence-electron chi connectivity index (χ4n) is 3.98. The summed E-state index contributed by atoms with van der Waals surface area (Å²) in [6.07, 6.45) is -9.17. The number of rotatable bonds is 5. The van der Waals surface area contributed by atoms with Crippen molar-refractivity contribution in [1.29, 1.82) is 0 Å². The summed E-state index contributed by atoms with van der Waals surface area (Å²) in [7, 11) is 1.10. The summed E-state index contributed by atoms with van der Waals surface area (Å²) < 4.78 is 83.1.